The van der Waals surface area contributed by atoms with Crippen LogP contribution in [0.2, 0.25) is 0 Å². The van der Waals surface area contributed by atoms with Crippen LogP contribution in [-0.4, -0.2) is 97.7 Å². The topological polar surface area (TPSA) is 266 Å². The van der Waals surface area contributed by atoms with Crippen LogP contribution < -0.4 is 26.0 Å². The minimum absolute atomic E-state index is 0.0489. The van der Waals surface area contributed by atoms with Gasteiger partial charge in [0.05, 0.1) is 75.2 Å². The molecule has 7 heterocycles. The van der Waals surface area contributed by atoms with Crippen molar-refractivity contribution in [2.24, 2.45) is 16.2 Å². The van der Waals surface area contributed by atoms with Crippen molar-refractivity contribution in [3.63, 3.8) is 0 Å². The summed E-state index contributed by atoms with van der Waals surface area (Å²) in [5.41, 5.74) is 6.36. The number of aromatic nitrogens is 12. The Morgan fingerprint density at radius 1 is 0.868 bits per heavy atom. The van der Waals surface area contributed by atoms with Crippen LogP contribution >= 0.6 is 11.3 Å². The van der Waals surface area contributed by atoms with Crippen molar-refractivity contribution >= 4 is 89.5 Å². The number of thiazole rings is 1. The van der Waals surface area contributed by atoms with Gasteiger partial charge in [0.1, 0.15) is 33.4 Å². The van der Waals surface area contributed by atoms with Gasteiger partial charge in [0.15, 0.2) is 34.5 Å². The van der Waals surface area contributed by atoms with Crippen LogP contribution in [0.4, 0.5) is 57.8 Å². The van der Waals surface area contributed by atoms with E-state index < -0.39 is 40.1 Å². The largest absolute Gasteiger partial charge is 0.494 e. The van der Waals surface area contributed by atoms with E-state index >= 15 is 0 Å². The summed E-state index contributed by atoms with van der Waals surface area (Å²) in [5.74, 6) is -0.968. The van der Waals surface area contributed by atoms with Gasteiger partial charge in [-0.2, -0.15) is 20.1 Å². The van der Waals surface area contributed by atoms with Gasteiger partial charge in [-0.1, -0.05) is 6.07 Å². The molecule has 21 nitrogen and oxygen atoms in total. The van der Waals surface area contributed by atoms with Crippen molar-refractivity contribution in [2.45, 2.75) is 63.5 Å². The first-order valence-electron chi connectivity index (χ1n) is 23.8. The number of carbonyl (C=O) groups excluding carboxylic acids is 1. The molecule has 2 unspecified atom stereocenters. The molecule has 9 aromatic rings. The number of nitrogens with zero attached hydrogens (tertiary/aromatic N) is 11. The molecule has 0 spiro atoms. The molecule has 6 N–H and O–H groups in total. The quantitative estimate of drug-likeness (QED) is 0.0437. The number of alkyl halides is 4. The number of methoxy groups -OCH3 is 2. The average Bonchev–Trinajstić information content (AvgIpc) is 4.04. The number of benzene rings is 2. The van der Waals surface area contributed by atoms with Gasteiger partial charge in [0.2, 0.25) is 5.91 Å². The number of amides is 1. The van der Waals surface area contributed by atoms with Gasteiger partial charge in [-0.15, -0.1) is 16.4 Å². The summed E-state index contributed by atoms with van der Waals surface area (Å²) in [6.45, 7) is 2.56. The number of halogens is 4. The fourth-order valence-electron chi connectivity index (χ4n) is 9.11. The molecule has 2 aliphatic carbocycles. The van der Waals surface area contributed by atoms with Crippen LogP contribution in [0.25, 0.3) is 44.2 Å². The van der Waals surface area contributed by atoms with E-state index in [1.807, 2.05) is 13.0 Å². The molecule has 76 heavy (non-hydrogen) atoms. The van der Waals surface area contributed by atoms with Crippen molar-refractivity contribution < 1.29 is 36.0 Å². The zero-order chi connectivity index (χ0) is 53.0. The Bertz CT molecular complexity index is 3850. The molecule has 0 radical (unpaired) electrons. The van der Waals surface area contributed by atoms with Crippen LogP contribution in [0.15, 0.2) is 70.1 Å². The number of hydrogen-bond acceptors (Lipinski definition) is 18. The molecule has 1 amide bonds. The van der Waals surface area contributed by atoms with E-state index in [1.165, 1.54) is 42.6 Å². The number of aryl methyl sites for hydroxylation is 3. The maximum absolute atomic E-state index is 14.0. The van der Waals surface area contributed by atoms with Gasteiger partial charge in [0, 0.05) is 54.5 Å². The molecule has 1 saturated carbocycles. The number of anilines is 7. The first-order valence-corrected chi connectivity index (χ1v) is 26.5. The third-order valence-electron chi connectivity index (χ3n) is 13.1. The van der Waals surface area contributed by atoms with Crippen LogP contribution in [-0.2, 0) is 45.3 Å². The molecule has 0 bridgehead atoms. The van der Waals surface area contributed by atoms with E-state index in [1.54, 1.807) is 55.8 Å². The zero-order valence-corrected chi connectivity index (χ0v) is 42.8. The van der Waals surface area contributed by atoms with Crippen LogP contribution in [0.5, 0.6) is 5.75 Å². The Labute approximate surface area is 434 Å². The normalized spacial score (nSPS) is 15.8. The van der Waals surface area contributed by atoms with Gasteiger partial charge in [-0.3, -0.25) is 4.79 Å². The highest BCUT2D eigenvalue weighted by atomic mass is 32.2. The van der Waals surface area contributed by atoms with E-state index in [9.17, 15) is 26.6 Å². The number of carbonyl (C=O) groups is 1. The number of imidazole rings is 2. The predicted molar refractivity (Wildman–Crippen MR) is 278 cm³/mol. The Hall–Kier alpha value is -8.17. The lowest BCUT2D eigenvalue weighted by Gasteiger charge is -2.16. The smallest absolute Gasteiger partial charge is 0.295 e. The number of hydrogen-bond donors (Lipinski definition) is 6. The van der Waals surface area contributed by atoms with Gasteiger partial charge in [0.25, 0.3) is 12.9 Å². The number of nitrogens with one attached hydrogen (secondary N) is 6. The summed E-state index contributed by atoms with van der Waals surface area (Å²) in [5, 5.41) is 31.1. The van der Waals surface area contributed by atoms with Crippen LogP contribution in [0, 0.1) is 18.8 Å². The molecule has 2 aliphatic rings. The molecule has 0 saturated heterocycles. The van der Waals surface area contributed by atoms with Crippen LogP contribution in [0.3, 0.4) is 0 Å². The summed E-state index contributed by atoms with van der Waals surface area (Å²) >= 11 is 1.47. The molecule has 11 rings (SSSR count). The lowest BCUT2D eigenvalue weighted by atomic mass is 10.1. The molecule has 3 atom stereocenters. The number of para-hydroxylation sites is 1. The highest BCUT2D eigenvalue weighted by Crippen LogP contribution is 2.43. The first kappa shape index (κ1) is 50.0. The fraction of sp³-hybridized carbons (Fsp3) is 0.306. The van der Waals surface area contributed by atoms with E-state index in [0.29, 0.717) is 74.2 Å². The van der Waals surface area contributed by atoms with Crippen molar-refractivity contribution in [1.29, 1.82) is 0 Å². The fourth-order valence-corrected chi connectivity index (χ4v) is 11.1. The number of ether oxygens (including phenoxy) is 2. The SMILES string of the molecule is CN=[S@@](C)(=O)c1cc(-c2nc(COC)c(C)s2)ccc1Nc1cc(NC(=O)C2CC2Cn2ncc(-c3cccc(Nc4cc(Nc5cc6c(nn5)CCC6)nc5nc(C(F)F)[nH]c45)c3OC)n2)nc2nc(C(F)F)[nH]c12. The number of fused-ring (bicyclic) bond motifs is 3. The second kappa shape index (κ2) is 20.2. The first-order chi connectivity index (χ1) is 36.6. The average molecular weight is 1080 g/mol. The monoisotopic (exact) mass is 1080 g/mol. The summed E-state index contributed by atoms with van der Waals surface area (Å²) in [6, 6.07) is 15.6. The maximum Gasteiger partial charge on any atom is 0.295 e. The second-order valence-corrected chi connectivity index (χ2v) is 21.8. The lowest BCUT2D eigenvalue weighted by Crippen LogP contribution is -2.17. The van der Waals surface area contributed by atoms with Crippen molar-refractivity contribution in [3.8, 4) is 27.6 Å². The van der Waals surface area contributed by atoms with Crippen molar-refractivity contribution in [2.75, 3.05) is 48.8 Å². The summed E-state index contributed by atoms with van der Waals surface area (Å²) in [4.78, 5) is 43.7. The maximum atomic E-state index is 14.0. The van der Waals surface area contributed by atoms with Gasteiger partial charge in [-0.25, -0.2) is 51.1 Å². The number of pyridine rings is 2. The summed E-state index contributed by atoms with van der Waals surface area (Å²) in [6.07, 6.45) is 0.484. The Kier molecular flexibility index (Phi) is 13.3. The standard InChI is InChI=1S/C49H47F4N17O4S2/c1-22-34(21-73-3)58-49(75-22)24-12-13-29(35(15-24)76(5,72)54-2)56-31-18-37(61-45-39(31)63-46(66-45)42(50)51)62-48(71)27-14-25(27)20-70-55-19-33(69-70)26-9-7-11-30(41(26)74-4)57-32-17-36(60-44-40(32)64-47(65-44)43(52)53)59-38-16-23-8-6-10-28(23)67-68-38/h7,9,11-13,15-19,25,27,42-43H,6,8,10,14,20-21H2,1-5H3,(H3,56,61,62,63,66,71)(H3,57,59,60,64,65,68)/t25?,27?,76-/m0/s1. The van der Waals surface area contributed by atoms with Gasteiger partial charge >= 0.3 is 0 Å². The van der Waals surface area contributed by atoms with E-state index in [2.05, 4.69) is 70.8 Å². The highest BCUT2D eigenvalue weighted by Gasteiger charge is 2.44. The number of aromatic amines is 2. The van der Waals surface area contributed by atoms with Gasteiger partial charge in [-0.05, 0) is 80.5 Å². The number of rotatable bonds is 18. The lowest BCUT2D eigenvalue weighted by molar-refractivity contribution is -0.117. The molecule has 1 fully saturated rings. The number of H-pyrrole nitrogens is 2. The van der Waals surface area contributed by atoms with E-state index in [4.69, 9.17) is 19.6 Å². The van der Waals surface area contributed by atoms with E-state index in [-0.39, 0.29) is 52.2 Å². The Balaban J connectivity index is 0.806. The third kappa shape index (κ3) is 9.94. The molecule has 392 valence electrons. The predicted octanol–water partition coefficient (Wildman–Crippen LogP) is 9.82. The molecule has 7 aromatic heterocycles. The molecule has 2 aromatic carbocycles. The minimum Gasteiger partial charge on any atom is -0.494 e. The van der Waals surface area contributed by atoms with Gasteiger partial charge < -0.3 is 40.7 Å². The molecular weight excluding hydrogens is 1030 g/mol. The van der Waals surface area contributed by atoms with Crippen LogP contribution in [0.1, 0.15) is 59.2 Å². The molecular formula is C49H47F4N17O4S2. The third-order valence-corrected chi connectivity index (χ3v) is 16.0. The summed E-state index contributed by atoms with van der Waals surface area (Å²) in [7, 11) is 1.55. The van der Waals surface area contributed by atoms with Crippen molar-refractivity contribution in [3.05, 3.63) is 94.3 Å². The van der Waals surface area contributed by atoms with E-state index in [0.717, 1.165) is 41.1 Å². The zero-order valence-electron chi connectivity index (χ0n) is 41.2. The molecule has 0 aliphatic heterocycles. The molecule has 27 heteroatoms. The Morgan fingerprint density at radius 2 is 1.59 bits per heavy atom. The second-order valence-electron chi connectivity index (χ2n) is 18.2. The minimum atomic E-state index is -2.99. The highest BCUT2D eigenvalue weighted by molar-refractivity contribution is 7.93. The van der Waals surface area contributed by atoms with Crippen molar-refractivity contribution in [1.82, 2.24) is 60.1 Å². The Morgan fingerprint density at radius 3 is 2.30 bits per heavy atom. The summed E-state index contributed by atoms with van der Waals surface area (Å²) < 4.78 is 85.3.